The lowest BCUT2D eigenvalue weighted by atomic mass is 10.1. The maximum atomic E-state index is 12.7. The number of rotatable bonds is 9. The first-order valence-corrected chi connectivity index (χ1v) is 14.5. The molecule has 3 aromatic carbocycles. The summed E-state index contributed by atoms with van der Waals surface area (Å²) < 4.78 is 16.8. The number of nitrogens with zero attached hydrogens (tertiary/aromatic N) is 1. The van der Waals surface area contributed by atoms with Crippen molar-refractivity contribution in [1.82, 2.24) is 5.43 Å². The third kappa shape index (κ3) is 6.13. The van der Waals surface area contributed by atoms with Crippen LogP contribution in [-0.2, 0) is 33.8 Å². The zero-order valence-corrected chi connectivity index (χ0v) is 24.4. The van der Waals surface area contributed by atoms with Crippen molar-refractivity contribution in [2.75, 3.05) is 19.0 Å². The Balaban J connectivity index is 1.24. The minimum absolute atomic E-state index is 0.216. The molecule has 1 aromatic heterocycles. The molecule has 0 bridgehead atoms. The van der Waals surface area contributed by atoms with Crippen molar-refractivity contribution < 1.29 is 28.6 Å². The highest BCUT2D eigenvalue weighted by Crippen LogP contribution is 2.39. The van der Waals surface area contributed by atoms with Crippen LogP contribution in [0.25, 0.3) is 10.8 Å². The third-order valence-corrected chi connectivity index (χ3v) is 8.21. The summed E-state index contributed by atoms with van der Waals surface area (Å²) in [6, 6.07) is 19.6. The van der Waals surface area contributed by atoms with Gasteiger partial charge < -0.3 is 19.5 Å². The molecule has 0 atom stereocenters. The van der Waals surface area contributed by atoms with Crippen LogP contribution in [0.5, 0.6) is 11.5 Å². The van der Waals surface area contributed by atoms with Crippen molar-refractivity contribution in [3.8, 4) is 11.5 Å². The van der Waals surface area contributed by atoms with Crippen LogP contribution >= 0.6 is 11.3 Å². The first-order chi connectivity index (χ1) is 20.4. The molecular weight excluding hydrogens is 554 g/mol. The van der Waals surface area contributed by atoms with Crippen LogP contribution in [0.1, 0.15) is 52.2 Å². The topological polar surface area (TPSA) is 115 Å². The second kappa shape index (κ2) is 12.9. The minimum atomic E-state index is -0.959. The number of thiophene rings is 1. The van der Waals surface area contributed by atoms with Crippen LogP contribution in [0.3, 0.4) is 0 Å². The number of carbonyl (C=O) groups is 3. The van der Waals surface area contributed by atoms with Gasteiger partial charge in [-0.1, -0.05) is 42.5 Å². The average molecular weight is 586 g/mol. The Labute approximate surface area is 247 Å². The van der Waals surface area contributed by atoms with Gasteiger partial charge in [-0.3, -0.25) is 9.59 Å². The largest absolute Gasteiger partial charge is 0.493 e. The summed E-state index contributed by atoms with van der Waals surface area (Å²) in [6.45, 7) is 4.00. The smallest absolute Gasteiger partial charge is 0.341 e. The molecule has 0 unspecified atom stereocenters. The highest BCUT2D eigenvalue weighted by atomic mass is 32.1. The predicted octanol–water partition coefficient (Wildman–Crippen LogP) is 5.63. The van der Waals surface area contributed by atoms with E-state index in [1.165, 1.54) is 11.3 Å². The third-order valence-electron chi connectivity index (χ3n) is 7.00. The summed E-state index contributed by atoms with van der Waals surface area (Å²) in [5.74, 6) is -1.32. The van der Waals surface area contributed by atoms with Gasteiger partial charge in [0, 0.05) is 10.4 Å². The lowest BCUT2D eigenvalue weighted by Crippen LogP contribution is -2.33. The van der Waals surface area contributed by atoms with Crippen LogP contribution in [0.15, 0.2) is 65.8 Å². The number of fused-ring (bicyclic) bond motifs is 2. The van der Waals surface area contributed by atoms with Crippen molar-refractivity contribution in [3.63, 3.8) is 0 Å². The lowest BCUT2D eigenvalue weighted by molar-refractivity contribution is -0.136. The number of esters is 1. The van der Waals surface area contributed by atoms with Crippen LogP contribution in [0, 0.1) is 0 Å². The standard InChI is InChI=1S/C32H31N3O6S/c1-4-40-32(38)28-24-13-8-14-27(24)42-31(28)33-29(36)30(37)35-34-19(2)21-15-16-25(26(17-21)39-3)41-18-22-11-7-10-20-9-5-6-12-23(20)22/h5-7,9-12,15-17H,4,8,13-14,18H2,1-3H3,(H,33,36)(H,35,37)/b34-19+. The van der Waals surface area contributed by atoms with Crippen LogP contribution < -0.4 is 20.2 Å². The number of anilines is 1. The van der Waals surface area contributed by atoms with E-state index in [0.717, 1.165) is 46.0 Å². The van der Waals surface area contributed by atoms with E-state index in [9.17, 15) is 14.4 Å². The number of hydrogen-bond donors (Lipinski definition) is 2. The molecule has 0 fully saturated rings. The predicted molar refractivity (Wildman–Crippen MR) is 163 cm³/mol. The zero-order valence-electron chi connectivity index (χ0n) is 23.6. The number of hydrogen-bond acceptors (Lipinski definition) is 8. The van der Waals surface area contributed by atoms with E-state index in [4.69, 9.17) is 14.2 Å². The van der Waals surface area contributed by atoms with E-state index in [2.05, 4.69) is 34.0 Å². The molecule has 0 saturated carbocycles. The van der Waals surface area contributed by atoms with E-state index < -0.39 is 17.8 Å². The number of aryl methyl sites for hydroxylation is 1. The molecule has 0 spiro atoms. The molecule has 42 heavy (non-hydrogen) atoms. The van der Waals surface area contributed by atoms with Crippen molar-refractivity contribution in [2.45, 2.75) is 39.7 Å². The Hall–Kier alpha value is -4.70. The number of hydrazone groups is 1. The van der Waals surface area contributed by atoms with E-state index in [1.807, 2.05) is 24.3 Å². The second-order valence-electron chi connectivity index (χ2n) is 9.67. The summed E-state index contributed by atoms with van der Waals surface area (Å²) in [5.41, 5.74) is 5.70. The Kier molecular flexibility index (Phi) is 8.83. The maximum absolute atomic E-state index is 12.7. The number of amides is 2. The molecule has 9 nitrogen and oxygen atoms in total. The Bertz CT molecular complexity index is 1690. The van der Waals surface area contributed by atoms with Crippen LogP contribution in [0.2, 0.25) is 0 Å². The summed E-state index contributed by atoms with van der Waals surface area (Å²) in [6.07, 6.45) is 2.51. The fourth-order valence-corrected chi connectivity index (χ4v) is 6.18. The van der Waals surface area contributed by atoms with E-state index >= 15 is 0 Å². The molecule has 1 aliphatic carbocycles. The number of carbonyl (C=O) groups excluding carboxylic acids is 3. The van der Waals surface area contributed by atoms with Gasteiger partial charge in [-0.05, 0) is 73.2 Å². The van der Waals surface area contributed by atoms with Gasteiger partial charge in [-0.25, -0.2) is 10.2 Å². The maximum Gasteiger partial charge on any atom is 0.341 e. The average Bonchev–Trinajstić information content (AvgIpc) is 3.59. The fourth-order valence-electron chi connectivity index (χ4n) is 4.91. The second-order valence-corrected chi connectivity index (χ2v) is 10.8. The molecule has 216 valence electrons. The minimum Gasteiger partial charge on any atom is -0.493 e. The molecule has 4 aromatic rings. The molecule has 0 aliphatic heterocycles. The highest BCUT2D eigenvalue weighted by Gasteiger charge is 2.29. The summed E-state index contributed by atoms with van der Waals surface area (Å²) in [7, 11) is 1.55. The van der Waals surface area contributed by atoms with Gasteiger partial charge in [-0.15, -0.1) is 11.3 Å². The monoisotopic (exact) mass is 585 g/mol. The first-order valence-electron chi connectivity index (χ1n) is 13.6. The van der Waals surface area contributed by atoms with E-state index in [1.54, 1.807) is 39.2 Å². The normalized spacial score (nSPS) is 12.5. The molecular formula is C32H31N3O6S. The zero-order chi connectivity index (χ0) is 29.6. The molecule has 5 rings (SSSR count). The van der Waals surface area contributed by atoms with Crippen molar-refractivity contribution in [3.05, 3.63) is 87.8 Å². The van der Waals surface area contributed by atoms with Crippen LogP contribution in [-0.4, -0.2) is 37.2 Å². The van der Waals surface area contributed by atoms with Gasteiger partial charge >= 0.3 is 17.8 Å². The number of methoxy groups -OCH3 is 1. The molecule has 1 heterocycles. The number of nitrogens with one attached hydrogen (secondary N) is 2. The first kappa shape index (κ1) is 28.8. The summed E-state index contributed by atoms with van der Waals surface area (Å²) in [5, 5.41) is 9.25. The van der Waals surface area contributed by atoms with Crippen LogP contribution in [0.4, 0.5) is 5.00 Å². The molecule has 1 aliphatic rings. The van der Waals surface area contributed by atoms with Gasteiger partial charge in [0.1, 0.15) is 11.6 Å². The van der Waals surface area contributed by atoms with E-state index in [-0.39, 0.29) is 6.61 Å². The molecule has 10 heteroatoms. The Morgan fingerprint density at radius 2 is 1.79 bits per heavy atom. The van der Waals surface area contributed by atoms with Crippen molar-refractivity contribution >= 4 is 50.6 Å². The molecule has 2 amide bonds. The summed E-state index contributed by atoms with van der Waals surface area (Å²) in [4.78, 5) is 38.8. The lowest BCUT2D eigenvalue weighted by Gasteiger charge is -2.13. The van der Waals surface area contributed by atoms with Gasteiger partial charge in [-0.2, -0.15) is 5.10 Å². The quantitative estimate of drug-likeness (QED) is 0.114. The van der Waals surface area contributed by atoms with Gasteiger partial charge in [0.05, 0.1) is 25.0 Å². The number of benzene rings is 3. The molecule has 0 saturated heterocycles. The van der Waals surface area contributed by atoms with Gasteiger partial charge in [0.2, 0.25) is 0 Å². The summed E-state index contributed by atoms with van der Waals surface area (Å²) >= 11 is 1.30. The van der Waals surface area contributed by atoms with Gasteiger partial charge in [0.15, 0.2) is 11.5 Å². The SMILES string of the molecule is CCOC(=O)c1c(NC(=O)C(=O)N/N=C(\C)c2ccc(OCc3cccc4ccccc34)c(OC)c2)sc2c1CCC2. The fraction of sp³-hybridized carbons (Fsp3) is 0.250. The van der Waals surface area contributed by atoms with Crippen molar-refractivity contribution in [2.24, 2.45) is 5.10 Å². The number of ether oxygens (including phenoxy) is 3. The Morgan fingerprint density at radius 3 is 2.60 bits per heavy atom. The highest BCUT2D eigenvalue weighted by molar-refractivity contribution is 7.17. The van der Waals surface area contributed by atoms with Gasteiger partial charge in [0.25, 0.3) is 0 Å². The molecule has 0 radical (unpaired) electrons. The Morgan fingerprint density at radius 1 is 0.976 bits per heavy atom. The van der Waals surface area contributed by atoms with Crippen molar-refractivity contribution in [1.29, 1.82) is 0 Å². The molecule has 2 N–H and O–H groups in total. The van der Waals surface area contributed by atoms with E-state index in [0.29, 0.717) is 39.9 Å².